The van der Waals surface area contributed by atoms with E-state index in [9.17, 15) is 0 Å². The van der Waals surface area contributed by atoms with Crippen LogP contribution in [-0.4, -0.2) is 8.97 Å². The van der Waals surface area contributed by atoms with Gasteiger partial charge in [-0.1, -0.05) is 140 Å². The largest absolute Gasteiger partial charge is 0.309 e. The Morgan fingerprint density at radius 2 is 0.661 bits per heavy atom. The van der Waals surface area contributed by atoms with Gasteiger partial charge in [-0.2, -0.15) is 0 Å². The third-order valence-corrected chi connectivity index (χ3v) is 13.0. The molecule has 4 aromatic heterocycles. The molecule has 2 heteroatoms. The monoisotopic (exact) mass is 786 g/mol. The zero-order chi connectivity index (χ0) is 40.7. The number of hydrogen-bond donors (Lipinski definition) is 0. The lowest BCUT2D eigenvalue weighted by atomic mass is 10.0. The Kier molecular flexibility index (Phi) is 7.64. The Morgan fingerprint density at radius 1 is 0.226 bits per heavy atom. The van der Waals surface area contributed by atoms with E-state index in [2.05, 4.69) is 239 Å². The van der Waals surface area contributed by atoms with Gasteiger partial charge in [0.25, 0.3) is 0 Å². The molecule has 0 aliphatic rings. The number of nitrogens with zero attached hydrogens (tertiary/aromatic N) is 2. The van der Waals surface area contributed by atoms with Crippen molar-refractivity contribution in [2.75, 3.05) is 0 Å². The molecule has 0 saturated heterocycles. The lowest BCUT2D eigenvalue weighted by Gasteiger charge is -2.08. The van der Waals surface area contributed by atoms with E-state index in [0.717, 1.165) is 11.2 Å². The smallest absolute Gasteiger partial charge is 0.0541 e. The molecule has 0 radical (unpaired) electrons. The Bertz CT molecular complexity index is 4080. The van der Waals surface area contributed by atoms with Crippen molar-refractivity contribution in [2.45, 2.75) is 0 Å². The van der Waals surface area contributed by atoms with Crippen molar-refractivity contribution in [3.63, 3.8) is 0 Å². The first kappa shape index (κ1) is 34.6. The van der Waals surface area contributed by atoms with Gasteiger partial charge in [0.05, 0.1) is 22.1 Å². The molecule has 0 fully saturated rings. The van der Waals surface area contributed by atoms with Crippen LogP contribution in [0.15, 0.2) is 231 Å². The molecule has 0 aliphatic heterocycles. The molecule has 14 aromatic rings. The summed E-state index contributed by atoms with van der Waals surface area (Å²) < 4.78 is 4.87. The second-order valence-corrected chi connectivity index (χ2v) is 16.6. The van der Waals surface area contributed by atoms with E-state index < -0.39 is 0 Å². The van der Waals surface area contributed by atoms with Crippen molar-refractivity contribution in [1.82, 2.24) is 8.97 Å². The van der Waals surface area contributed by atoms with E-state index in [1.54, 1.807) is 0 Å². The molecule has 0 atom stereocenters. The number of rotatable bonds is 2. The number of fused-ring (bicyclic) bond motifs is 2. The predicted octanol–water partition coefficient (Wildman–Crippen LogP) is 16.5. The van der Waals surface area contributed by atoms with Gasteiger partial charge in [0, 0.05) is 32.7 Å². The zero-order valence-corrected chi connectivity index (χ0v) is 33.8. The summed E-state index contributed by atoms with van der Waals surface area (Å²) in [7, 11) is 0. The summed E-state index contributed by atoms with van der Waals surface area (Å²) in [4.78, 5) is 0. The van der Waals surface area contributed by atoms with Crippen molar-refractivity contribution >= 4 is 103 Å². The fourth-order valence-electron chi connectivity index (χ4n) is 10.0. The molecule has 14 rings (SSSR count). The molecule has 0 aliphatic carbocycles. The second-order valence-electron chi connectivity index (χ2n) is 16.6. The van der Waals surface area contributed by atoms with Crippen LogP contribution in [-0.2, 0) is 0 Å². The van der Waals surface area contributed by atoms with E-state index >= 15 is 0 Å². The molecule has 10 aromatic carbocycles. The van der Waals surface area contributed by atoms with Crippen LogP contribution >= 0.6 is 0 Å². The predicted molar refractivity (Wildman–Crippen MR) is 266 cm³/mol. The van der Waals surface area contributed by atoms with Gasteiger partial charge in [0.2, 0.25) is 0 Å². The van der Waals surface area contributed by atoms with Crippen LogP contribution < -0.4 is 0 Å². The lowest BCUT2D eigenvalue weighted by molar-refractivity contribution is 1.18. The van der Waals surface area contributed by atoms with E-state index in [4.69, 9.17) is 0 Å². The SMILES string of the molecule is c1ccc(-c2cc3cc(c2)n2c4ccccc4c4cc(ccc42)c2ccc4c(c2)c2cc(ccc2n4-c2ccccc2)c2cccc(c2)c2cccc(c2)c2cccc3c2)cc1. The van der Waals surface area contributed by atoms with Gasteiger partial charge in [0.15, 0.2) is 0 Å². The number of benzene rings is 10. The molecular formula is C60H38N2. The number of aromatic nitrogens is 2. The third-order valence-electron chi connectivity index (χ3n) is 13.0. The van der Waals surface area contributed by atoms with Crippen LogP contribution in [0.25, 0.3) is 120 Å². The molecule has 288 valence electrons. The van der Waals surface area contributed by atoms with E-state index in [-0.39, 0.29) is 0 Å². The Morgan fingerprint density at radius 3 is 1.23 bits per heavy atom. The summed E-state index contributed by atoms with van der Waals surface area (Å²) in [5.41, 5.74) is 9.43. The minimum Gasteiger partial charge on any atom is -0.309 e. The van der Waals surface area contributed by atoms with Crippen LogP contribution in [0.2, 0.25) is 0 Å². The highest BCUT2D eigenvalue weighted by molar-refractivity contribution is 6.16. The van der Waals surface area contributed by atoms with Crippen molar-refractivity contribution in [3.05, 3.63) is 231 Å². The quantitative estimate of drug-likeness (QED) is 0.165. The third kappa shape index (κ3) is 5.51. The normalized spacial score (nSPS) is 11.9. The topological polar surface area (TPSA) is 9.34 Å². The summed E-state index contributed by atoms with van der Waals surface area (Å²) in [6, 6.07) is 85.5. The molecule has 0 saturated carbocycles. The standard InChI is InChI=1S/C60H38N2/c1-3-12-39(13-4-1)49-33-50-35-52(34-49)62-57-23-8-7-22-53(57)54-36-47(25-27-58(54)62)48-26-29-60-56(38-48)55-37-46(24-28-59(55)61(60)51-20-5-2-6-21-51)44-18-10-16-42(31-44)40-14-9-15-41(30-40)43-17-11-19-45(50)32-43/h1-38H. The van der Waals surface area contributed by atoms with E-state index in [1.165, 1.54) is 109 Å². The number of para-hydroxylation sites is 2. The number of hydrogen-bond acceptors (Lipinski definition) is 0. The van der Waals surface area contributed by atoms with Crippen LogP contribution in [0, 0.1) is 0 Å². The molecule has 0 amide bonds. The van der Waals surface area contributed by atoms with Gasteiger partial charge < -0.3 is 8.97 Å². The van der Waals surface area contributed by atoms with Crippen molar-refractivity contribution < 1.29 is 0 Å². The maximum absolute atomic E-state index is 2.46. The lowest BCUT2D eigenvalue weighted by Crippen LogP contribution is -1.92. The first-order chi connectivity index (χ1) is 30.7. The van der Waals surface area contributed by atoms with Crippen LogP contribution in [0.3, 0.4) is 0 Å². The van der Waals surface area contributed by atoms with Gasteiger partial charge in [-0.3, -0.25) is 0 Å². The van der Waals surface area contributed by atoms with Crippen molar-refractivity contribution in [1.29, 1.82) is 0 Å². The van der Waals surface area contributed by atoms with E-state index in [1.807, 2.05) is 0 Å². The first-order valence-electron chi connectivity index (χ1n) is 21.4. The van der Waals surface area contributed by atoms with Crippen molar-refractivity contribution in [3.8, 4) is 16.8 Å². The fraction of sp³-hybridized carbons (Fsp3) is 0. The van der Waals surface area contributed by atoms with Crippen LogP contribution in [0.1, 0.15) is 0 Å². The molecule has 0 spiro atoms. The zero-order valence-electron chi connectivity index (χ0n) is 33.8. The molecule has 0 unspecified atom stereocenters. The average molecular weight is 787 g/mol. The molecule has 4 heterocycles. The summed E-state index contributed by atoms with van der Waals surface area (Å²) in [5.74, 6) is 0. The molecule has 16 bridgehead atoms. The minimum atomic E-state index is 1.14. The molecule has 2 nitrogen and oxygen atoms in total. The maximum atomic E-state index is 2.46. The van der Waals surface area contributed by atoms with Gasteiger partial charge >= 0.3 is 0 Å². The second kappa shape index (κ2) is 13.7. The summed E-state index contributed by atoms with van der Waals surface area (Å²) in [5, 5.41) is 16.9. The van der Waals surface area contributed by atoms with E-state index in [0.29, 0.717) is 0 Å². The first-order valence-corrected chi connectivity index (χ1v) is 21.4. The fourth-order valence-corrected chi connectivity index (χ4v) is 10.0. The molecular weight excluding hydrogens is 749 g/mol. The highest BCUT2D eigenvalue weighted by Crippen LogP contribution is 2.38. The highest BCUT2D eigenvalue weighted by Gasteiger charge is 2.15. The Balaban J connectivity index is 1.22. The molecule has 0 N–H and O–H groups in total. The average Bonchev–Trinajstić information content (AvgIpc) is 3.86. The van der Waals surface area contributed by atoms with Crippen molar-refractivity contribution in [2.24, 2.45) is 0 Å². The maximum Gasteiger partial charge on any atom is 0.0541 e. The van der Waals surface area contributed by atoms with Gasteiger partial charge in [-0.25, -0.2) is 0 Å². The Hall–Kier alpha value is -8.20. The Labute approximate surface area is 357 Å². The van der Waals surface area contributed by atoms with Crippen LogP contribution in [0.5, 0.6) is 0 Å². The summed E-state index contributed by atoms with van der Waals surface area (Å²) in [6.07, 6.45) is 0. The summed E-state index contributed by atoms with van der Waals surface area (Å²) in [6.45, 7) is 0. The van der Waals surface area contributed by atoms with Crippen LogP contribution in [0.4, 0.5) is 0 Å². The van der Waals surface area contributed by atoms with Gasteiger partial charge in [-0.05, 0) is 156 Å². The highest BCUT2D eigenvalue weighted by atomic mass is 15.0. The summed E-state index contributed by atoms with van der Waals surface area (Å²) >= 11 is 0. The molecule has 62 heavy (non-hydrogen) atoms. The minimum absolute atomic E-state index is 1.14. The van der Waals surface area contributed by atoms with Gasteiger partial charge in [-0.15, -0.1) is 0 Å². The van der Waals surface area contributed by atoms with Gasteiger partial charge in [0.1, 0.15) is 0 Å².